The van der Waals surface area contributed by atoms with E-state index in [4.69, 9.17) is 11.0 Å². The largest absolute Gasteiger partial charge is 0.330 e. The molecule has 1 fully saturated rings. The summed E-state index contributed by atoms with van der Waals surface area (Å²) in [7, 11) is -3.51. The average molecular weight is 307 g/mol. The lowest BCUT2D eigenvalue weighted by Gasteiger charge is -2.35. The third-order valence-electron chi connectivity index (χ3n) is 4.34. The summed E-state index contributed by atoms with van der Waals surface area (Å²) in [6, 6.07) is 6.70. The zero-order chi connectivity index (χ0) is 15.6. The molecule has 0 aliphatic carbocycles. The van der Waals surface area contributed by atoms with Gasteiger partial charge in [-0.05, 0) is 55.5 Å². The van der Waals surface area contributed by atoms with Crippen LogP contribution in [0.5, 0.6) is 0 Å². The lowest BCUT2D eigenvalue weighted by Crippen LogP contribution is -2.45. The molecule has 0 spiro atoms. The highest BCUT2D eigenvalue weighted by atomic mass is 32.2. The second kappa shape index (κ2) is 6.14. The lowest BCUT2D eigenvalue weighted by atomic mass is 9.88. The summed E-state index contributed by atoms with van der Waals surface area (Å²) in [5, 5.41) is 8.93. The zero-order valence-corrected chi connectivity index (χ0v) is 13.2. The van der Waals surface area contributed by atoms with E-state index in [2.05, 4.69) is 13.0 Å². The van der Waals surface area contributed by atoms with Crippen LogP contribution in [0.1, 0.15) is 24.5 Å². The first-order valence-electron chi connectivity index (χ1n) is 7.11. The Morgan fingerprint density at radius 1 is 1.48 bits per heavy atom. The van der Waals surface area contributed by atoms with E-state index in [1.54, 1.807) is 19.1 Å². The van der Waals surface area contributed by atoms with Crippen LogP contribution in [-0.2, 0) is 10.0 Å². The first kappa shape index (κ1) is 16.0. The van der Waals surface area contributed by atoms with Gasteiger partial charge in [0.25, 0.3) is 0 Å². The van der Waals surface area contributed by atoms with Gasteiger partial charge in [-0.25, -0.2) is 8.42 Å². The lowest BCUT2D eigenvalue weighted by molar-refractivity contribution is 0.203. The molecular formula is C15H21N3O2S. The average Bonchev–Trinajstić information content (AvgIpc) is 2.47. The van der Waals surface area contributed by atoms with E-state index in [0.717, 1.165) is 6.42 Å². The van der Waals surface area contributed by atoms with Crippen molar-refractivity contribution in [2.45, 2.75) is 25.2 Å². The Hall–Kier alpha value is -1.42. The highest BCUT2D eigenvalue weighted by Crippen LogP contribution is 2.27. The van der Waals surface area contributed by atoms with Gasteiger partial charge in [-0.3, -0.25) is 0 Å². The molecular weight excluding hydrogens is 286 g/mol. The Balaban J connectivity index is 2.30. The van der Waals surface area contributed by atoms with E-state index in [1.807, 2.05) is 0 Å². The van der Waals surface area contributed by atoms with Gasteiger partial charge in [-0.1, -0.05) is 6.92 Å². The fraction of sp³-hybridized carbons (Fsp3) is 0.533. The van der Waals surface area contributed by atoms with Crippen molar-refractivity contribution < 1.29 is 8.42 Å². The van der Waals surface area contributed by atoms with Gasteiger partial charge in [-0.2, -0.15) is 9.57 Å². The molecule has 5 nitrogen and oxygen atoms in total. The maximum atomic E-state index is 12.7. The van der Waals surface area contributed by atoms with Crippen LogP contribution >= 0.6 is 0 Å². The van der Waals surface area contributed by atoms with Gasteiger partial charge in [-0.15, -0.1) is 0 Å². The molecule has 2 N–H and O–H groups in total. The molecule has 1 saturated heterocycles. The molecule has 114 valence electrons. The van der Waals surface area contributed by atoms with Crippen LogP contribution in [0.25, 0.3) is 0 Å². The van der Waals surface area contributed by atoms with Crippen LogP contribution in [0.15, 0.2) is 23.1 Å². The smallest absolute Gasteiger partial charge is 0.243 e. The fourth-order valence-corrected chi connectivity index (χ4v) is 4.31. The van der Waals surface area contributed by atoms with E-state index >= 15 is 0 Å². The number of aryl methyl sites for hydroxylation is 1. The Morgan fingerprint density at radius 2 is 2.19 bits per heavy atom. The summed E-state index contributed by atoms with van der Waals surface area (Å²) < 4.78 is 26.9. The molecule has 6 heteroatoms. The Kier molecular flexibility index (Phi) is 4.67. The molecule has 0 saturated carbocycles. The number of hydrogen-bond acceptors (Lipinski definition) is 4. The van der Waals surface area contributed by atoms with Crippen LogP contribution in [0, 0.1) is 30.1 Å². The highest BCUT2D eigenvalue weighted by Gasteiger charge is 2.33. The molecule has 1 aliphatic heterocycles. The maximum absolute atomic E-state index is 12.7. The third kappa shape index (κ3) is 3.10. The van der Waals surface area contributed by atoms with Crippen molar-refractivity contribution in [1.82, 2.24) is 4.31 Å². The summed E-state index contributed by atoms with van der Waals surface area (Å²) >= 11 is 0. The van der Waals surface area contributed by atoms with Gasteiger partial charge in [0.1, 0.15) is 0 Å². The van der Waals surface area contributed by atoms with Crippen molar-refractivity contribution >= 4 is 10.0 Å². The summed E-state index contributed by atoms with van der Waals surface area (Å²) in [5.74, 6) is 0.650. The van der Waals surface area contributed by atoms with Crippen LogP contribution in [-0.4, -0.2) is 32.4 Å². The van der Waals surface area contributed by atoms with Crippen molar-refractivity contribution in [3.8, 4) is 6.07 Å². The highest BCUT2D eigenvalue weighted by molar-refractivity contribution is 7.89. The Labute approximate surface area is 126 Å². The first-order valence-corrected chi connectivity index (χ1v) is 8.55. The topological polar surface area (TPSA) is 87.2 Å². The number of nitrogens with two attached hydrogens (primary N) is 1. The molecule has 0 aromatic heterocycles. The van der Waals surface area contributed by atoms with Crippen molar-refractivity contribution in [1.29, 1.82) is 5.26 Å². The number of nitrogens with zero attached hydrogens (tertiary/aromatic N) is 2. The molecule has 1 aliphatic rings. The van der Waals surface area contributed by atoms with E-state index in [9.17, 15) is 8.42 Å². The fourth-order valence-electron chi connectivity index (χ4n) is 2.71. The van der Waals surface area contributed by atoms with E-state index in [1.165, 1.54) is 10.4 Å². The second-order valence-electron chi connectivity index (χ2n) is 5.71. The molecule has 2 atom stereocenters. The predicted octanol–water partition coefficient (Wildman–Crippen LogP) is 1.47. The number of sulfonamides is 1. The van der Waals surface area contributed by atoms with Crippen LogP contribution in [0.2, 0.25) is 0 Å². The molecule has 1 aromatic rings. The third-order valence-corrected chi connectivity index (χ3v) is 6.20. The van der Waals surface area contributed by atoms with Crippen molar-refractivity contribution in [3.05, 3.63) is 29.3 Å². The summed E-state index contributed by atoms with van der Waals surface area (Å²) in [5.41, 5.74) is 6.92. The monoisotopic (exact) mass is 307 g/mol. The molecule has 1 heterocycles. The van der Waals surface area contributed by atoms with Gasteiger partial charge >= 0.3 is 0 Å². The normalized spacial score (nSPS) is 23.7. The van der Waals surface area contributed by atoms with E-state index < -0.39 is 10.0 Å². The molecule has 21 heavy (non-hydrogen) atoms. The minimum atomic E-state index is -3.51. The SMILES string of the molecule is Cc1cc(S(=O)(=O)N2CCC(C)C(CN)C2)ccc1C#N. The summed E-state index contributed by atoms with van der Waals surface area (Å²) in [4.78, 5) is 0.254. The van der Waals surface area contributed by atoms with Gasteiger partial charge in [0.2, 0.25) is 10.0 Å². The number of piperidine rings is 1. The predicted molar refractivity (Wildman–Crippen MR) is 81.0 cm³/mol. The van der Waals surface area contributed by atoms with Gasteiger partial charge in [0.05, 0.1) is 16.5 Å². The number of rotatable bonds is 3. The first-order chi connectivity index (χ1) is 9.90. The molecule has 2 rings (SSSR count). The van der Waals surface area contributed by atoms with Crippen LogP contribution in [0.3, 0.4) is 0 Å². The minimum Gasteiger partial charge on any atom is -0.330 e. The maximum Gasteiger partial charge on any atom is 0.243 e. The second-order valence-corrected chi connectivity index (χ2v) is 7.65. The number of hydrogen-bond donors (Lipinski definition) is 1. The Morgan fingerprint density at radius 3 is 2.76 bits per heavy atom. The standard InChI is InChI=1S/C15H21N3O2S/c1-11-5-6-18(10-14(11)9-17)21(19,20)15-4-3-13(8-16)12(2)7-15/h3-4,7,11,14H,5-6,9-10,17H2,1-2H3. The molecule has 0 radical (unpaired) electrons. The van der Waals surface area contributed by atoms with Crippen LogP contribution in [0.4, 0.5) is 0 Å². The van der Waals surface area contributed by atoms with Crippen molar-refractivity contribution in [2.24, 2.45) is 17.6 Å². The quantitative estimate of drug-likeness (QED) is 0.916. The molecule has 0 amide bonds. The molecule has 1 aromatic carbocycles. The summed E-state index contributed by atoms with van der Waals surface area (Å²) in [6.07, 6.45) is 0.830. The van der Waals surface area contributed by atoms with Crippen LogP contribution < -0.4 is 5.73 Å². The molecule has 0 bridgehead atoms. The molecule has 2 unspecified atom stereocenters. The van der Waals surface area contributed by atoms with Gasteiger partial charge in [0, 0.05) is 13.1 Å². The van der Waals surface area contributed by atoms with E-state index in [-0.39, 0.29) is 10.8 Å². The number of benzene rings is 1. The minimum absolute atomic E-state index is 0.202. The van der Waals surface area contributed by atoms with Crippen molar-refractivity contribution in [3.63, 3.8) is 0 Å². The van der Waals surface area contributed by atoms with E-state index in [0.29, 0.717) is 36.7 Å². The number of nitriles is 1. The zero-order valence-electron chi connectivity index (χ0n) is 12.4. The van der Waals surface area contributed by atoms with Gasteiger partial charge < -0.3 is 5.73 Å². The Bertz CT molecular complexity index is 664. The van der Waals surface area contributed by atoms with Gasteiger partial charge in [0.15, 0.2) is 0 Å². The van der Waals surface area contributed by atoms with Crippen molar-refractivity contribution in [2.75, 3.05) is 19.6 Å². The summed E-state index contributed by atoms with van der Waals surface area (Å²) in [6.45, 7) is 5.36.